The molecule has 27 heavy (non-hydrogen) atoms. The predicted octanol–water partition coefficient (Wildman–Crippen LogP) is 4.01. The van der Waals surface area contributed by atoms with Gasteiger partial charge in [0.15, 0.2) is 5.16 Å². The molecule has 6 nitrogen and oxygen atoms in total. The first kappa shape index (κ1) is 19.0. The van der Waals surface area contributed by atoms with E-state index >= 15 is 0 Å². The van der Waals surface area contributed by atoms with E-state index in [1.807, 2.05) is 67.8 Å². The van der Waals surface area contributed by atoms with Gasteiger partial charge in [-0.15, -0.1) is 10.2 Å². The smallest absolute Gasteiger partial charge is 0.237 e. The molecule has 1 N–H and O–H groups in total. The lowest BCUT2D eigenvalue weighted by atomic mass is 10.2. The van der Waals surface area contributed by atoms with Gasteiger partial charge in [0.1, 0.15) is 11.6 Å². The van der Waals surface area contributed by atoms with Gasteiger partial charge in [-0.2, -0.15) is 0 Å². The molecule has 0 aliphatic carbocycles. The van der Waals surface area contributed by atoms with Crippen LogP contribution in [0.2, 0.25) is 0 Å². The van der Waals surface area contributed by atoms with E-state index in [9.17, 15) is 4.79 Å². The maximum atomic E-state index is 12.6. The van der Waals surface area contributed by atoms with Crippen molar-refractivity contribution in [2.45, 2.75) is 31.2 Å². The molecule has 0 fully saturated rings. The molecule has 1 aromatic heterocycles. The summed E-state index contributed by atoms with van der Waals surface area (Å²) in [5, 5.41) is 11.7. The van der Waals surface area contributed by atoms with Crippen molar-refractivity contribution in [1.82, 2.24) is 14.8 Å². The molecule has 2 aromatic carbocycles. The van der Waals surface area contributed by atoms with Crippen LogP contribution < -0.4 is 10.1 Å². The highest BCUT2D eigenvalue weighted by molar-refractivity contribution is 8.00. The molecule has 7 heteroatoms. The molecule has 1 unspecified atom stereocenters. The lowest BCUT2D eigenvalue weighted by Gasteiger charge is -2.14. The number of benzene rings is 2. The van der Waals surface area contributed by atoms with E-state index in [2.05, 4.69) is 15.5 Å². The summed E-state index contributed by atoms with van der Waals surface area (Å²) in [6.07, 6.45) is 0. The van der Waals surface area contributed by atoms with Crippen molar-refractivity contribution in [3.05, 3.63) is 59.9 Å². The molecule has 0 aliphatic heterocycles. The number of carbonyl (C=O) groups is 1. The average Bonchev–Trinajstić information content (AvgIpc) is 3.02. The summed E-state index contributed by atoms with van der Waals surface area (Å²) in [7, 11) is 1.60. The first-order valence-corrected chi connectivity index (χ1v) is 9.46. The summed E-state index contributed by atoms with van der Waals surface area (Å²) in [4.78, 5) is 12.6. The Morgan fingerprint density at radius 2 is 1.89 bits per heavy atom. The van der Waals surface area contributed by atoms with Crippen molar-refractivity contribution in [3.8, 4) is 11.4 Å². The molecule has 140 valence electrons. The Kier molecular flexibility index (Phi) is 5.81. The number of aryl methyl sites for hydroxylation is 2. The van der Waals surface area contributed by atoms with Gasteiger partial charge >= 0.3 is 0 Å². The Morgan fingerprint density at radius 1 is 1.15 bits per heavy atom. The SMILES string of the molecule is COc1cccc(NC(=O)C(C)Sc2nnc(C)n2-c2ccc(C)cc2)c1. The van der Waals surface area contributed by atoms with Gasteiger partial charge in [-0.3, -0.25) is 9.36 Å². The van der Waals surface area contributed by atoms with Crippen LogP contribution in [-0.4, -0.2) is 33.0 Å². The Balaban J connectivity index is 1.75. The van der Waals surface area contributed by atoms with Crippen molar-refractivity contribution < 1.29 is 9.53 Å². The molecule has 0 spiro atoms. The van der Waals surface area contributed by atoms with Gasteiger partial charge < -0.3 is 10.1 Å². The predicted molar refractivity (Wildman–Crippen MR) is 108 cm³/mol. The molecule has 0 saturated heterocycles. The normalized spacial score (nSPS) is 11.9. The van der Waals surface area contributed by atoms with Crippen LogP contribution in [0.1, 0.15) is 18.3 Å². The minimum Gasteiger partial charge on any atom is -0.497 e. The first-order valence-electron chi connectivity index (χ1n) is 8.58. The second-order valence-electron chi connectivity index (χ2n) is 6.18. The second kappa shape index (κ2) is 8.26. The number of nitrogens with one attached hydrogen (secondary N) is 1. The van der Waals surface area contributed by atoms with Crippen molar-refractivity contribution in [1.29, 1.82) is 0 Å². The number of aromatic nitrogens is 3. The lowest BCUT2D eigenvalue weighted by molar-refractivity contribution is -0.115. The highest BCUT2D eigenvalue weighted by atomic mass is 32.2. The number of rotatable bonds is 6. The zero-order valence-corrected chi connectivity index (χ0v) is 16.6. The lowest BCUT2D eigenvalue weighted by Crippen LogP contribution is -2.22. The zero-order chi connectivity index (χ0) is 19.4. The molecule has 0 radical (unpaired) electrons. The monoisotopic (exact) mass is 382 g/mol. The summed E-state index contributed by atoms with van der Waals surface area (Å²) in [6.45, 7) is 5.80. The van der Waals surface area contributed by atoms with E-state index in [1.165, 1.54) is 17.3 Å². The number of hydrogen-bond donors (Lipinski definition) is 1. The van der Waals surface area contributed by atoms with Crippen LogP contribution >= 0.6 is 11.8 Å². The minimum atomic E-state index is -0.344. The van der Waals surface area contributed by atoms with Crippen LogP contribution in [0.25, 0.3) is 5.69 Å². The van der Waals surface area contributed by atoms with Gasteiger partial charge in [-0.05, 0) is 45.0 Å². The summed E-state index contributed by atoms with van der Waals surface area (Å²) < 4.78 is 7.15. The van der Waals surface area contributed by atoms with Gasteiger partial charge in [0, 0.05) is 17.4 Å². The third-order valence-electron chi connectivity index (χ3n) is 4.08. The molecule has 3 aromatic rings. The van der Waals surface area contributed by atoms with Crippen LogP contribution in [0.3, 0.4) is 0 Å². The van der Waals surface area contributed by atoms with Crippen LogP contribution in [-0.2, 0) is 4.79 Å². The highest BCUT2D eigenvalue weighted by Crippen LogP contribution is 2.27. The topological polar surface area (TPSA) is 69.0 Å². The van der Waals surface area contributed by atoms with E-state index in [4.69, 9.17) is 4.74 Å². The van der Waals surface area contributed by atoms with Gasteiger partial charge in [0.25, 0.3) is 0 Å². The number of anilines is 1. The van der Waals surface area contributed by atoms with Gasteiger partial charge in [-0.1, -0.05) is 35.5 Å². The molecular formula is C20H22N4O2S. The number of hydrogen-bond acceptors (Lipinski definition) is 5. The van der Waals surface area contributed by atoms with Crippen LogP contribution in [0.5, 0.6) is 5.75 Å². The van der Waals surface area contributed by atoms with E-state index < -0.39 is 0 Å². The van der Waals surface area contributed by atoms with Crippen molar-refractivity contribution in [2.75, 3.05) is 12.4 Å². The van der Waals surface area contributed by atoms with E-state index in [0.29, 0.717) is 16.6 Å². The average molecular weight is 382 g/mol. The van der Waals surface area contributed by atoms with Crippen LogP contribution in [0.15, 0.2) is 53.7 Å². The molecular weight excluding hydrogens is 360 g/mol. The van der Waals surface area contributed by atoms with Crippen molar-refractivity contribution in [3.63, 3.8) is 0 Å². The summed E-state index contributed by atoms with van der Waals surface area (Å²) in [5.41, 5.74) is 2.86. The largest absolute Gasteiger partial charge is 0.497 e. The minimum absolute atomic E-state index is 0.107. The fraction of sp³-hybridized carbons (Fsp3) is 0.250. The first-order chi connectivity index (χ1) is 13.0. The number of amides is 1. The summed E-state index contributed by atoms with van der Waals surface area (Å²) in [6, 6.07) is 15.4. The number of ether oxygens (including phenoxy) is 1. The van der Waals surface area contributed by atoms with Gasteiger partial charge in [-0.25, -0.2) is 0 Å². The number of nitrogens with zero attached hydrogens (tertiary/aromatic N) is 3. The molecule has 1 amide bonds. The Morgan fingerprint density at radius 3 is 2.59 bits per heavy atom. The summed E-state index contributed by atoms with van der Waals surface area (Å²) in [5.74, 6) is 1.37. The third kappa shape index (κ3) is 4.49. The molecule has 0 saturated carbocycles. The molecule has 0 bridgehead atoms. The van der Waals surface area contributed by atoms with Crippen LogP contribution in [0, 0.1) is 13.8 Å². The van der Waals surface area contributed by atoms with E-state index in [0.717, 1.165) is 11.5 Å². The maximum Gasteiger partial charge on any atom is 0.237 e. The van der Waals surface area contributed by atoms with Crippen molar-refractivity contribution >= 4 is 23.4 Å². The quantitative estimate of drug-likeness (QED) is 0.652. The van der Waals surface area contributed by atoms with Gasteiger partial charge in [0.05, 0.1) is 12.4 Å². The van der Waals surface area contributed by atoms with Gasteiger partial charge in [0.2, 0.25) is 5.91 Å². The second-order valence-corrected chi connectivity index (χ2v) is 7.49. The number of carbonyl (C=O) groups excluding carboxylic acids is 1. The fourth-order valence-corrected chi connectivity index (χ4v) is 3.48. The third-order valence-corrected chi connectivity index (χ3v) is 5.12. The Hall–Kier alpha value is -2.80. The standard InChI is InChI=1S/C20H22N4O2S/c1-13-8-10-17(11-9-13)24-15(3)22-23-20(24)27-14(2)19(25)21-16-6-5-7-18(12-16)26-4/h5-12,14H,1-4H3,(H,21,25). The fourth-order valence-electron chi connectivity index (χ4n) is 2.57. The molecule has 3 rings (SSSR count). The van der Waals surface area contributed by atoms with Crippen molar-refractivity contribution in [2.24, 2.45) is 0 Å². The van der Waals surface area contributed by atoms with E-state index in [1.54, 1.807) is 13.2 Å². The number of thioether (sulfide) groups is 1. The highest BCUT2D eigenvalue weighted by Gasteiger charge is 2.20. The Bertz CT molecular complexity index is 937. The molecule has 1 heterocycles. The summed E-state index contributed by atoms with van der Waals surface area (Å²) >= 11 is 1.37. The molecule has 1 atom stereocenters. The van der Waals surface area contributed by atoms with Crippen LogP contribution in [0.4, 0.5) is 5.69 Å². The zero-order valence-electron chi connectivity index (χ0n) is 15.8. The number of methoxy groups -OCH3 is 1. The maximum absolute atomic E-state index is 12.6. The Labute approximate surface area is 163 Å². The van der Waals surface area contributed by atoms with E-state index in [-0.39, 0.29) is 11.2 Å². The molecule has 0 aliphatic rings.